The van der Waals surface area contributed by atoms with Crippen LogP contribution in [0.2, 0.25) is 5.15 Å². The summed E-state index contributed by atoms with van der Waals surface area (Å²) in [5.74, 6) is 1.42. The van der Waals surface area contributed by atoms with E-state index in [2.05, 4.69) is 32.8 Å². The highest BCUT2D eigenvalue weighted by Crippen LogP contribution is 2.29. The predicted octanol–water partition coefficient (Wildman–Crippen LogP) is 4.41. The van der Waals surface area contributed by atoms with Crippen molar-refractivity contribution in [3.63, 3.8) is 0 Å². The van der Waals surface area contributed by atoms with Crippen molar-refractivity contribution in [1.29, 1.82) is 0 Å². The van der Waals surface area contributed by atoms with Gasteiger partial charge in [-0.3, -0.25) is 0 Å². The van der Waals surface area contributed by atoms with Gasteiger partial charge in [0, 0.05) is 0 Å². The number of hydrogen-bond donors (Lipinski definition) is 0. The summed E-state index contributed by atoms with van der Waals surface area (Å²) >= 11 is 9.51. The molecule has 0 aliphatic carbocycles. The third kappa shape index (κ3) is 2.53. The molecule has 0 aliphatic rings. The summed E-state index contributed by atoms with van der Waals surface area (Å²) < 4.78 is 6.04. The SMILES string of the molecule is CCCc1nc(-c2ccoc2C)nc(Cl)c1Br. The van der Waals surface area contributed by atoms with Gasteiger partial charge in [0.1, 0.15) is 10.9 Å². The summed E-state index contributed by atoms with van der Waals surface area (Å²) in [6, 6.07) is 1.85. The van der Waals surface area contributed by atoms with Crippen molar-refractivity contribution in [3.05, 3.63) is 33.4 Å². The van der Waals surface area contributed by atoms with Crippen molar-refractivity contribution in [3.8, 4) is 11.4 Å². The molecule has 0 aromatic carbocycles. The van der Waals surface area contributed by atoms with Gasteiger partial charge >= 0.3 is 0 Å². The van der Waals surface area contributed by atoms with E-state index in [1.807, 2.05) is 13.0 Å². The number of nitrogens with zero attached hydrogens (tertiary/aromatic N) is 2. The largest absolute Gasteiger partial charge is 0.469 e. The molecule has 5 heteroatoms. The molecule has 2 rings (SSSR count). The van der Waals surface area contributed by atoms with Gasteiger partial charge in [0.05, 0.1) is 22.0 Å². The standard InChI is InChI=1S/C12H12BrClN2O/c1-3-4-9-10(13)11(14)16-12(15-9)8-5-6-17-7(8)2/h5-6H,3-4H2,1-2H3. The Kier molecular flexibility index (Phi) is 3.84. The van der Waals surface area contributed by atoms with Gasteiger partial charge in [-0.05, 0) is 35.3 Å². The molecule has 3 nitrogen and oxygen atoms in total. The lowest BCUT2D eigenvalue weighted by Crippen LogP contribution is -1.98. The fourth-order valence-electron chi connectivity index (χ4n) is 1.60. The zero-order chi connectivity index (χ0) is 12.4. The number of aryl methyl sites for hydroxylation is 2. The van der Waals surface area contributed by atoms with Crippen LogP contribution in [-0.4, -0.2) is 9.97 Å². The normalized spacial score (nSPS) is 10.8. The Bertz CT molecular complexity index is 539. The van der Waals surface area contributed by atoms with Crippen molar-refractivity contribution in [2.24, 2.45) is 0 Å². The van der Waals surface area contributed by atoms with Gasteiger partial charge in [-0.2, -0.15) is 0 Å². The monoisotopic (exact) mass is 314 g/mol. The highest BCUT2D eigenvalue weighted by Gasteiger charge is 2.14. The molecule has 2 aromatic rings. The lowest BCUT2D eigenvalue weighted by molar-refractivity contribution is 0.535. The van der Waals surface area contributed by atoms with Gasteiger partial charge in [-0.25, -0.2) is 9.97 Å². The molecule has 0 unspecified atom stereocenters. The third-order valence-corrected chi connectivity index (χ3v) is 3.80. The van der Waals surface area contributed by atoms with Crippen LogP contribution in [0.25, 0.3) is 11.4 Å². The zero-order valence-corrected chi connectivity index (χ0v) is 12.0. The number of hydrogen-bond acceptors (Lipinski definition) is 3. The van der Waals surface area contributed by atoms with E-state index in [1.165, 1.54) is 0 Å². The summed E-state index contributed by atoms with van der Waals surface area (Å²) in [4.78, 5) is 8.79. The Morgan fingerprint density at radius 1 is 1.41 bits per heavy atom. The van der Waals surface area contributed by atoms with Gasteiger partial charge in [0.25, 0.3) is 0 Å². The number of halogens is 2. The average Bonchev–Trinajstić information content (AvgIpc) is 2.71. The van der Waals surface area contributed by atoms with E-state index in [1.54, 1.807) is 6.26 Å². The summed E-state index contributed by atoms with van der Waals surface area (Å²) in [7, 11) is 0. The molecule has 0 N–H and O–H groups in total. The maximum Gasteiger partial charge on any atom is 0.164 e. The van der Waals surface area contributed by atoms with E-state index in [0.717, 1.165) is 34.3 Å². The van der Waals surface area contributed by atoms with Crippen molar-refractivity contribution < 1.29 is 4.42 Å². The predicted molar refractivity (Wildman–Crippen MR) is 71.2 cm³/mol. The minimum absolute atomic E-state index is 0.444. The Balaban J connectivity index is 2.53. The molecule has 0 spiro atoms. The lowest BCUT2D eigenvalue weighted by Gasteiger charge is -2.06. The van der Waals surface area contributed by atoms with Crippen LogP contribution >= 0.6 is 27.5 Å². The highest BCUT2D eigenvalue weighted by atomic mass is 79.9. The van der Waals surface area contributed by atoms with Crippen LogP contribution in [0, 0.1) is 6.92 Å². The third-order valence-electron chi connectivity index (χ3n) is 2.47. The van der Waals surface area contributed by atoms with E-state index in [-0.39, 0.29) is 0 Å². The van der Waals surface area contributed by atoms with Crippen LogP contribution in [0.5, 0.6) is 0 Å². The summed E-state index contributed by atoms with van der Waals surface area (Å²) in [5, 5.41) is 0.444. The Morgan fingerprint density at radius 2 is 2.18 bits per heavy atom. The number of aromatic nitrogens is 2. The molecule has 17 heavy (non-hydrogen) atoms. The molecule has 0 fully saturated rings. The van der Waals surface area contributed by atoms with E-state index >= 15 is 0 Å². The van der Waals surface area contributed by atoms with E-state index in [9.17, 15) is 0 Å². The molecule has 90 valence electrons. The summed E-state index contributed by atoms with van der Waals surface area (Å²) in [6.45, 7) is 3.99. The molecule has 0 saturated carbocycles. The van der Waals surface area contributed by atoms with Crippen molar-refractivity contribution >= 4 is 27.5 Å². The first kappa shape index (κ1) is 12.6. The summed E-state index contributed by atoms with van der Waals surface area (Å²) in [6.07, 6.45) is 3.51. The number of rotatable bonds is 3. The first-order chi connectivity index (χ1) is 8.13. The molecule has 2 aromatic heterocycles. The second kappa shape index (κ2) is 5.19. The highest BCUT2D eigenvalue weighted by molar-refractivity contribution is 9.10. The first-order valence-corrected chi connectivity index (χ1v) is 6.57. The fraction of sp³-hybridized carbons (Fsp3) is 0.333. The van der Waals surface area contributed by atoms with Gasteiger partial charge in [0.2, 0.25) is 0 Å². The second-order valence-electron chi connectivity index (χ2n) is 3.74. The van der Waals surface area contributed by atoms with Crippen molar-refractivity contribution in [2.75, 3.05) is 0 Å². The maximum atomic E-state index is 6.10. The molecule has 0 bridgehead atoms. The molecule has 0 saturated heterocycles. The van der Waals surface area contributed by atoms with Crippen LogP contribution in [0.4, 0.5) is 0 Å². The maximum absolute atomic E-state index is 6.10. The molecule has 2 heterocycles. The number of furan rings is 1. The topological polar surface area (TPSA) is 38.9 Å². The first-order valence-electron chi connectivity index (χ1n) is 5.39. The van der Waals surface area contributed by atoms with Crippen LogP contribution in [-0.2, 0) is 6.42 Å². The fourth-order valence-corrected chi connectivity index (χ4v) is 2.17. The molecular weight excluding hydrogens is 304 g/mol. The minimum atomic E-state index is 0.444. The average molecular weight is 316 g/mol. The summed E-state index contributed by atoms with van der Waals surface area (Å²) in [5.41, 5.74) is 1.82. The van der Waals surface area contributed by atoms with Crippen LogP contribution < -0.4 is 0 Å². The van der Waals surface area contributed by atoms with Crippen LogP contribution in [0.3, 0.4) is 0 Å². The molecule has 0 atom stereocenters. The van der Waals surface area contributed by atoms with Gasteiger partial charge in [-0.15, -0.1) is 0 Å². The van der Waals surface area contributed by atoms with Crippen LogP contribution in [0.1, 0.15) is 24.8 Å². The van der Waals surface area contributed by atoms with E-state index in [4.69, 9.17) is 16.0 Å². The van der Waals surface area contributed by atoms with E-state index < -0.39 is 0 Å². The van der Waals surface area contributed by atoms with Crippen LogP contribution in [0.15, 0.2) is 21.2 Å². The van der Waals surface area contributed by atoms with Gasteiger partial charge in [0.15, 0.2) is 5.82 Å². The second-order valence-corrected chi connectivity index (χ2v) is 4.89. The van der Waals surface area contributed by atoms with Gasteiger partial charge < -0.3 is 4.42 Å². The molecule has 0 aliphatic heterocycles. The quantitative estimate of drug-likeness (QED) is 0.787. The molecular formula is C12H12BrClN2O. The Morgan fingerprint density at radius 3 is 2.76 bits per heavy atom. The zero-order valence-electron chi connectivity index (χ0n) is 9.63. The minimum Gasteiger partial charge on any atom is -0.469 e. The Labute approximate surface area is 113 Å². The van der Waals surface area contributed by atoms with Crippen molar-refractivity contribution in [2.45, 2.75) is 26.7 Å². The van der Waals surface area contributed by atoms with Gasteiger partial charge in [-0.1, -0.05) is 24.9 Å². The smallest absolute Gasteiger partial charge is 0.164 e. The Hall–Kier alpha value is -0.870. The molecule has 0 amide bonds. The molecule has 0 radical (unpaired) electrons. The lowest BCUT2D eigenvalue weighted by atomic mass is 10.2. The van der Waals surface area contributed by atoms with E-state index in [0.29, 0.717) is 11.0 Å². The van der Waals surface area contributed by atoms with Crippen molar-refractivity contribution in [1.82, 2.24) is 9.97 Å².